The maximum atomic E-state index is 5.52. The summed E-state index contributed by atoms with van der Waals surface area (Å²) >= 11 is 1.72. The predicted molar refractivity (Wildman–Crippen MR) is 118 cm³/mol. The van der Waals surface area contributed by atoms with E-state index in [0.717, 1.165) is 33.4 Å². The second-order valence-electron chi connectivity index (χ2n) is 6.95. The minimum Gasteiger partial charge on any atom is -0.321 e. The van der Waals surface area contributed by atoms with E-state index in [4.69, 9.17) is 11.7 Å². The van der Waals surface area contributed by atoms with Crippen LogP contribution in [-0.4, -0.2) is 5.84 Å². The van der Waals surface area contributed by atoms with Crippen LogP contribution in [0.3, 0.4) is 0 Å². The number of nitrogens with one attached hydrogen (secondary N) is 3. The van der Waals surface area contributed by atoms with E-state index < -0.39 is 0 Å². The minimum atomic E-state index is 0.431. The monoisotopic (exact) mass is 391 g/mol. The predicted octanol–water partition coefficient (Wildman–Crippen LogP) is 3.82. The lowest BCUT2D eigenvalue weighted by molar-refractivity contribution is -0.325. The van der Waals surface area contributed by atoms with Gasteiger partial charge >= 0.3 is 0 Å². The van der Waals surface area contributed by atoms with Crippen LogP contribution in [-0.2, 0) is 0 Å². The van der Waals surface area contributed by atoms with Crippen molar-refractivity contribution in [2.45, 2.75) is 19.8 Å². The van der Waals surface area contributed by atoms with Crippen LogP contribution in [0.4, 0.5) is 11.5 Å². The first-order chi connectivity index (χ1) is 13.6. The summed E-state index contributed by atoms with van der Waals surface area (Å²) in [5, 5.41) is 11.7. The van der Waals surface area contributed by atoms with Gasteiger partial charge in [-0.15, -0.1) is 11.3 Å². The number of nitrogens with zero attached hydrogens (tertiary/aromatic N) is 1. The topological polar surface area (TPSA) is 103 Å². The lowest BCUT2D eigenvalue weighted by Gasteiger charge is -2.08. The fourth-order valence-electron chi connectivity index (χ4n) is 3.32. The molecule has 4 aromatic rings. The van der Waals surface area contributed by atoms with Crippen LogP contribution >= 0.6 is 11.3 Å². The summed E-state index contributed by atoms with van der Waals surface area (Å²) in [5.41, 5.74) is 6.68. The fraction of sp³-hybridized carbons (Fsp3) is 0.143. The van der Waals surface area contributed by atoms with Gasteiger partial charge in [-0.2, -0.15) is 5.10 Å². The van der Waals surface area contributed by atoms with Gasteiger partial charge in [0.2, 0.25) is 0 Å². The van der Waals surface area contributed by atoms with Crippen LogP contribution < -0.4 is 27.4 Å². The van der Waals surface area contributed by atoms with Crippen molar-refractivity contribution >= 4 is 49.7 Å². The van der Waals surface area contributed by atoms with Crippen LogP contribution in [0, 0.1) is 0 Å². The van der Waals surface area contributed by atoms with Gasteiger partial charge < -0.3 is 11.3 Å². The van der Waals surface area contributed by atoms with Crippen LogP contribution in [0.1, 0.15) is 30.9 Å². The molecule has 0 aliphatic heterocycles. The van der Waals surface area contributed by atoms with Crippen LogP contribution in [0.25, 0.3) is 21.0 Å². The molecule has 0 saturated heterocycles. The quantitative estimate of drug-likeness (QED) is 0.184. The molecule has 0 amide bonds. The molecule has 2 aromatic heterocycles. The van der Waals surface area contributed by atoms with Crippen molar-refractivity contribution in [3.8, 4) is 0 Å². The Labute approximate surface area is 167 Å². The lowest BCUT2D eigenvalue weighted by Crippen LogP contribution is -2.32. The molecule has 142 valence electrons. The number of fused-ring (bicyclic) bond motifs is 3. The first-order valence-electron chi connectivity index (χ1n) is 9.09. The van der Waals surface area contributed by atoms with Gasteiger partial charge in [0, 0.05) is 10.9 Å². The number of nitrogens with two attached hydrogens (primary N) is 2. The maximum Gasteiger partial charge on any atom is 0.286 e. The van der Waals surface area contributed by atoms with E-state index in [1.807, 2.05) is 12.1 Å². The Morgan fingerprint density at radius 3 is 2.71 bits per heavy atom. The van der Waals surface area contributed by atoms with Gasteiger partial charge in [0.05, 0.1) is 10.1 Å². The molecule has 0 aliphatic carbocycles. The number of aromatic amines is 1. The summed E-state index contributed by atoms with van der Waals surface area (Å²) in [5.74, 6) is 12.8. The minimum absolute atomic E-state index is 0.431. The molecule has 0 fully saturated rings. The normalized spacial score (nSPS) is 12.1. The molecule has 0 saturated carbocycles. The molecule has 0 aliphatic rings. The highest BCUT2D eigenvalue weighted by molar-refractivity contribution is 7.18. The summed E-state index contributed by atoms with van der Waals surface area (Å²) in [4.78, 5) is 3.53. The standard InChI is InChI=1S/C21H22N6S/c1-12(2)13-4-3-5-15(10-13)24-21-17-8-9-28-19(17)16-7-6-14(11-18(16)25-21)20(26-22)27-23/h3-12H,22-23H2,1-2H3,(H,24,25)(H,26,27)/p+1. The van der Waals surface area contributed by atoms with Crippen LogP contribution in [0.2, 0.25) is 0 Å². The number of hydrazone groups is 1. The molecule has 0 unspecified atom stereocenters. The van der Waals surface area contributed by atoms with Crippen molar-refractivity contribution in [1.82, 2.24) is 5.43 Å². The number of hydrazine groups is 1. The molecule has 0 radical (unpaired) electrons. The summed E-state index contributed by atoms with van der Waals surface area (Å²) in [6, 6.07) is 16.7. The van der Waals surface area contributed by atoms with Crippen LogP contribution in [0.5, 0.6) is 0 Å². The van der Waals surface area contributed by atoms with Crippen molar-refractivity contribution in [2.24, 2.45) is 16.8 Å². The van der Waals surface area contributed by atoms with Gasteiger partial charge in [0.1, 0.15) is 11.2 Å². The van der Waals surface area contributed by atoms with E-state index in [2.05, 4.69) is 76.5 Å². The average Bonchev–Trinajstić information content (AvgIpc) is 3.19. The number of aromatic nitrogens is 1. The van der Waals surface area contributed by atoms with E-state index in [9.17, 15) is 0 Å². The molecule has 0 atom stereocenters. The van der Waals surface area contributed by atoms with Crippen LogP contribution in [0.15, 0.2) is 59.0 Å². The smallest absolute Gasteiger partial charge is 0.286 e. The third-order valence-electron chi connectivity index (χ3n) is 4.82. The molecular formula is C21H23N6S+. The molecule has 7 N–H and O–H groups in total. The van der Waals surface area contributed by atoms with Crippen molar-refractivity contribution in [2.75, 3.05) is 5.32 Å². The van der Waals surface area contributed by atoms with Crippen molar-refractivity contribution < 1.29 is 4.98 Å². The number of hydrogen-bond donors (Lipinski definition) is 4. The molecule has 0 spiro atoms. The van der Waals surface area contributed by atoms with E-state index >= 15 is 0 Å². The van der Waals surface area contributed by atoms with Crippen molar-refractivity contribution in [3.63, 3.8) is 0 Å². The summed E-state index contributed by atoms with van der Waals surface area (Å²) in [6.07, 6.45) is 0. The summed E-state index contributed by atoms with van der Waals surface area (Å²) in [7, 11) is 0. The number of rotatable bonds is 4. The third-order valence-corrected chi connectivity index (χ3v) is 5.77. The highest BCUT2D eigenvalue weighted by atomic mass is 32.1. The van der Waals surface area contributed by atoms with Gasteiger partial charge in [-0.05, 0) is 47.2 Å². The highest BCUT2D eigenvalue weighted by Crippen LogP contribution is 2.33. The third kappa shape index (κ3) is 3.26. The fourth-order valence-corrected chi connectivity index (χ4v) is 4.27. The van der Waals surface area contributed by atoms with Gasteiger partial charge in [0.25, 0.3) is 5.82 Å². The Morgan fingerprint density at radius 2 is 1.96 bits per heavy atom. The SMILES string of the molecule is CC(C)c1cccc(Nc2[nH+]c3cc(C(=NN)NN)ccc3c3sccc23)c1. The Balaban J connectivity index is 1.85. The summed E-state index contributed by atoms with van der Waals surface area (Å²) in [6.45, 7) is 4.39. The van der Waals surface area contributed by atoms with E-state index in [1.54, 1.807) is 11.3 Å². The van der Waals surface area contributed by atoms with E-state index in [0.29, 0.717) is 11.8 Å². The lowest BCUT2D eigenvalue weighted by atomic mass is 10.0. The zero-order chi connectivity index (χ0) is 19.7. The van der Waals surface area contributed by atoms with E-state index in [1.165, 1.54) is 10.3 Å². The average molecular weight is 392 g/mol. The maximum absolute atomic E-state index is 5.52. The molecule has 2 heterocycles. The molecule has 4 rings (SSSR count). The largest absolute Gasteiger partial charge is 0.321 e. The summed E-state index contributed by atoms with van der Waals surface area (Å²) < 4.78 is 1.22. The van der Waals surface area contributed by atoms with Gasteiger partial charge in [-0.3, -0.25) is 0 Å². The highest BCUT2D eigenvalue weighted by Gasteiger charge is 2.16. The van der Waals surface area contributed by atoms with Gasteiger partial charge in [-0.1, -0.05) is 32.0 Å². The van der Waals surface area contributed by atoms with Crippen molar-refractivity contribution in [3.05, 3.63) is 65.0 Å². The van der Waals surface area contributed by atoms with E-state index in [-0.39, 0.29) is 0 Å². The number of hydrogen-bond acceptors (Lipinski definition) is 5. The first kappa shape index (κ1) is 18.2. The second kappa shape index (κ2) is 7.46. The Hall–Kier alpha value is -3.16. The Bertz CT molecular complexity index is 1180. The second-order valence-corrected chi connectivity index (χ2v) is 7.87. The number of H-pyrrole nitrogens is 1. The zero-order valence-corrected chi connectivity index (χ0v) is 16.6. The Morgan fingerprint density at radius 1 is 1.11 bits per heavy atom. The number of anilines is 2. The van der Waals surface area contributed by atoms with Gasteiger partial charge in [0.15, 0.2) is 5.84 Å². The molecule has 0 bridgehead atoms. The Kier molecular flexibility index (Phi) is 4.85. The van der Waals surface area contributed by atoms with Gasteiger partial charge in [-0.25, -0.2) is 16.1 Å². The molecule has 28 heavy (non-hydrogen) atoms. The molecule has 2 aromatic carbocycles. The molecule has 6 nitrogen and oxygen atoms in total. The zero-order valence-electron chi connectivity index (χ0n) is 15.8. The number of pyridine rings is 1. The number of thiophene rings is 1. The first-order valence-corrected chi connectivity index (χ1v) is 9.96. The number of amidine groups is 1. The number of benzene rings is 2. The molecule has 7 heteroatoms. The molecular weight excluding hydrogens is 368 g/mol. The van der Waals surface area contributed by atoms with Crippen molar-refractivity contribution in [1.29, 1.82) is 0 Å².